The van der Waals surface area contributed by atoms with Gasteiger partial charge in [-0.1, -0.05) is 52.4 Å². The van der Waals surface area contributed by atoms with Crippen LogP contribution in [-0.4, -0.2) is 68.5 Å². The standard InChI is InChI=1S/C19H41N2O6P/c1-6-8-9-10-11-12-13-18(22)17(20-19(23)7-2)16-27-28(24,25)26-15-14-21(3,4)5/h17-18,22H,6-16H2,1-5H3,(H-,20,23,24,25). The number of phosphoric acid groups is 1. The van der Waals surface area contributed by atoms with Crippen LogP contribution in [0.5, 0.6) is 0 Å². The molecule has 3 unspecified atom stereocenters. The minimum Gasteiger partial charge on any atom is -0.756 e. The number of amides is 1. The summed E-state index contributed by atoms with van der Waals surface area (Å²) in [5.74, 6) is -0.262. The van der Waals surface area contributed by atoms with Gasteiger partial charge in [-0.05, 0) is 6.42 Å². The Morgan fingerprint density at radius 2 is 1.71 bits per heavy atom. The molecule has 8 nitrogen and oxygen atoms in total. The molecule has 28 heavy (non-hydrogen) atoms. The molecule has 0 aromatic carbocycles. The lowest BCUT2D eigenvalue weighted by Gasteiger charge is -2.30. The third-order valence-corrected chi connectivity index (χ3v) is 5.37. The smallest absolute Gasteiger partial charge is 0.268 e. The minimum absolute atomic E-state index is 0.0105. The number of phosphoric ester groups is 1. The largest absolute Gasteiger partial charge is 0.756 e. The first kappa shape index (κ1) is 27.5. The number of aliphatic hydroxyl groups excluding tert-OH is 1. The molecule has 9 heteroatoms. The van der Waals surface area contributed by atoms with Crippen LogP contribution in [0.4, 0.5) is 0 Å². The highest BCUT2D eigenvalue weighted by atomic mass is 31.2. The number of hydrogen-bond donors (Lipinski definition) is 2. The maximum Gasteiger partial charge on any atom is 0.268 e. The monoisotopic (exact) mass is 424 g/mol. The predicted octanol–water partition coefficient (Wildman–Crippen LogP) is 2.20. The molecular formula is C19H41N2O6P. The van der Waals surface area contributed by atoms with Crippen LogP contribution in [0.25, 0.3) is 0 Å². The van der Waals surface area contributed by atoms with Crippen LogP contribution in [0.15, 0.2) is 0 Å². The Kier molecular flexibility index (Phi) is 14.2. The van der Waals surface area contributed by atoms with Gasteiger partial charge < -0.3 is 28.8 Å². The van der Waals surface area contributed by atoms with Gasteiger partial charge >= 0.3 is 0 Å². The number of unbranched alkanes of at least 4 members (excludes halogenated alkanes) is 5. The lowest BCUT2D eigenvalue weighted by Crippen LogP contribution is -2.46. The van der Waals surface area contributed by atoms with Crippen LogP contribution >= 0.6 is 7.82 Å². The third kappa shape index (κ3) is 15.4. The van der Waals surface area contributed by atoms with Gasteiger partial charge in [0.2, 0.25) is 5.91 Å². The molecule has 0 saturated carbocycles. The summed E-state index contributed by atoms with van der Waals surface area (Å²) in [7, 11) is 1.29. The lowest BCUT2D eigenvalue weighted by molar-refractivity contribution is -0.870. The minimum atomic E-state index is -4.49. The number of carbonyl (C=O) groups excluding carboxylic acids is 1. The molecule has 0 radical (unpaired) electrons. The first-order chi connectivity index (χ1) is 13.0. The maximum atomic E-state index is 11.9. The van der Waals surface area contributed by atoms with Gasteiger partial charge in [-0.3, -0.25) is 9.36 Å². The molecule has 0 bridgehead atoms. The molecule has 168 valence electrons. The number of likely N-dealkylation sites (N-methyl/N-ethyl adjacent to an activating group) is 1. The first-order valence-corrected chi connectivity index (χ1v) is 11.8. The molecule has 0 fully saturated rings. The van der Waals surface area contributed by atoms with Crippen LogP contribution in [0, 0.1) is 0 Å². The molecule has 0 spiro atoms. The zero-order valence-corrected chi connectivity index (χ0v) is 19.2. The molecule has 0 saturated heterocycles. The van der Waals surface area contributed by atoms with Gasteiger partial charge in [-0.15, -0.1) is 0 Å². The molecule has 0 aliphatic carbocycles. The maximum absolute atomic E-state index is 11.9. The number of aliphatic hydroxyl groups is 1. The van der Waals surface area contributed by atoms with Gasteiger partial charge in [0.15, 0.2) is 0 Å². The van der Waals surface area contributed by atoms with Crippen molar-refractivity contribution in [1.82, 2.24) is 5.32 Å². The van der Waals surface area contributed by atoms with Crippen molar-refractivity contribution in [3.63, 3.8) is 0 Å². The van der Waals surface area contributed by atoms with E-state index in [9.17, 15) is 19.4 Å². The summed E-state index contributed by atoms with van der Waals surface area (Å²) in [6.45, 7) is 4.03. The summed E-state index contributed by atoms with van der Waals surface area (Å²) in [5.41, 5.74) is 0. The second kappa shape index (κ2) is 14.5. The Balaban J connectivity index is 4.49. The fourth-order valence-electron chi connectivity index (χ4n) is 2.53. The molecule has 0 aromatic rings. The van der Waals surface area contributed by atoms with Crippen molar-refractivity contribution in [2.75, 3.05) is 40.9 Å². The van der Waals surface area contributed by atoms with Crippen molar-refractivity contribution in [3.8, 4) is 0 Å². The second-order valence-corrected chi connectivity index (χ2v) is 9.65. The molecular weight excluding hydrogens is 383 g/mol. The predicted molar refractivity (Wildman–Crippen MR) is 109 cm³/mol. The number of hydrogen-bond acceptors (Lipinski definition) is 6. The zero-order valence-electron chi connectivity index (χ0n) is 18.3. The van der Waals surface area contributed by atoms with Crippen LogP contribution < -0.4 is 10.2 Å². The van der Waals surface area contributed by atoms with Gasteiger partial charge in [0.05, 0.1) is 39.9 Å². The Morgan fingerprint density at radius 1 is 1.11 bits per heavy atom. The van der Waals surface area contributed by atoms with Crippen molar-refractivity contribution < 1.29 is 32.9 Å². The van der Waals surface area contributed by atoms with Crippen molar-refractivity contribution in [2.24, 2.45) is 0 Å². The molecule has 0 aliphatic heterocycles. The lowest BCUT2D eigenvalue weighted by atomic mass is 10.0. The number of nitrogens with one attached hydrogen (secondary N) is 1. The van der Waals surface area contributed by atoms with E-state index in [1.807, 2.05) is 21.1 Å². The van der Waals surface area contributed by atoms with E-state index in [0.29, 0.717) is 17.4 Å². The molecule has 0 heterocycles. The van der Waals surface area contributed by atoms with E-state index >= 15 is 0 Å². The second-order valence-electron chi connectivity index (χ2n) is 8.24. The van der Waals surface area contributed by atoms with Crippen LogP contribution in [0.2, 0.25) is 0 Å². The average molecular weight is 425 g/mol. The molecule has 1 amide bonds. The summed E-state index contributed by atoms with van der Waals surface area (Å²) in [6, 6.07) is -0.785. The SMILES string of the molecule is CCCCCCCCC(O)C(COP(=O)([O-])OCC[N+](C)(C)C)NC(=O)CC. The van der Waals surface area contributed by atoms with Gasteiger partial charge in [0.1, 0.15) is 13.2 Å². The van der Waals surface area contributed by atoms with E-state index in [1.165, 1.54) is 19.3 Å². The van der Waals surface area contributed by atoms with Gasteiger partial charge in [0.25, 0.3) is 7.82 Å². The zero-order chi connectivity index (χ0) is 21.6. The van der Waals surface area contributed by atoms with Crippen molar-refractivity contribution in [1.29, 1.82) is 0 Å². The van der Waals surface area contributed by atoms with Crippen molar-refractivity contribution >= 4 is 13.7 Å². The summed E-state index contributed by atoms with van der Waals surface area (Å²) < 4.78 is 22.3. The van der Waals surface area contributed by atoms with E-state index in [1.54, 1.807) is 6.92 Å². The first-order valence-electron chi connectivity index (χ1n) is 10.4. The van der Waals surface area contributed by atoms with E-state index < -0.39 is 20.0 Å². The summed E-state index contributed by atoms with van der Waals surface area (Å²) in [6.07, 6.45) is 6.35. The quantitative estimate of drug-likeness (QED) is 0.211. The summed E-state index contributed by atoms with van der Waals surface area (Å²) in [4.78, 5) is 23.7. The molecule has 0 rings (SSSR count). The summed E-state index contributed by atoms with van der Waals surface area (Å²) in [5, 5.41) is 13.1. The van der Waals surface area contributed by atoms with Gasteiger partial charge in [-0.25, -0.2) is 0 Å². The average Bonchev–Trinajstić information content (AvgIpc) is 2.59. The number of rotatable bonds is 17. The summed E-state index contributed by atoms with van der Waals surface area (Å²) >= 11 is 0. The van der Waals surface area contributed by atoms with Crippen LogP contribution in [0.1, 0.15) is 65.2 Å². The topological polar surface area (TPSA) is 108 Å². The van der Waals surface area contributed by atoms with Crippen LogP contribution in [-0.2, 0) is 18.4 Å². The van der Waals surface area contributed by atoms with Gasteiger partial charge in [-0.2, -0.15) is 0 Å². The highest BCUT2D eigenvalue weighted by molar-refractivity contribution is 7.45. The molecule has 0 aromatic heterocycles. The van der Waals surface area contributed by atoms with Crippen molar-refractivity contribution in [2.45, 2.75) is 77.4 Å². The Bertz CT molecular complexity index is 470. The molecule has 0 aliphatic rings. The van der Waals surface area contributed by atoms with Gasteiger partial charge in [0, 0.05) is 6.42 Å². The fraction of sp³-hybridized carbons (Fsp3) is 0.947. The Morgan fingerprint density at radius 3 is 2.29 bits per heavy atom. The highest BCUT2D eigenvalue weighted by Gasteiger charge is 2.23. The number of nitrogens with zero attached hydrogens (tertiary/aromatic N) is 1. The van der Waals surface area contributed by atoms with Crippen molar-refractivity contribution in [3.05, 3.63) is 0 Å². The van der Waals surface area contributed by atoms with E-state index in [-0.39, 0.29) is 25.5 Å². The Labute approximate surface area is 170 Å². The highest BCUT2D eigenvalue weighted by Crippen LogP contribution is 2.38. The fourth-order valence-corrected chi connectivity index (χ4v) is 3.25. The van der Waals surface area contributed by atoms with E-state index in [4.69, 9.17) is 9.05 Å². The normalized spacial score (nSPS) is 16.4. The Hall–Kier alpha value is -0.500. The molecule has 2 N–H and O–H groups in total. The van der Waals surface area contributed by atoms with Crippen LogP contribution in [0.3, 0.4) is 0 Å². The molecule has 3 atom stereocenters. The van der Waals surface area contributed by atoms with E-state index in [0.717, 1.165) is 19.3 Å². The number of carbonyl (C=O) groups is 1. The third-order valence-electron chi connectivity index (χ3n) is 4.41. The van der Waals surface area contributed by atoms with E-state index in [2.05, 4.69) is 12.2 Å². The number of quaternary nitrogens is 1.